The lowest BCUT2D eigenvalue weighted by Crippen LogP contribution is -2.26. The molecule has 0 aromatic heterocycles. The highest BCUT2D eigenvalue weighted by Crippen LogP contribution is 1.88. The number of ketones is 1. The second-order valence-electron chi connectivity index (χ2n) is 3.99. The van der Waals surface area contributed by atoms with Crippen LogP contribution < -0.4 is 10.6 Å². The van der Waals surface area contributed by atoms with Crippen LogP contribution >= 0.6 is 0 Å². The van der Waals surface area contributed by atoms with Gasteiger partial charge in [-0.25, -0.2) is 0 Å². The van der Waals surface area contributed by atoms with E-state index in [0.717, 1.165) is 32.2 Å². The van der Waals surface area contributed by atoms with Crippen LogP contribution in [0.5, 0.6) is 0 Å². The minimum Gasteiger partial charge on any atom is -0.391 e. The number of unbranched alkanes of at least 4 members (excludes halogenated alkanes) is 2. The Bertz CT molecular complexity index is 250. The fourth-order valence-electron chi connectivity index (χ4n) is 1.20. The van der Waals surface area contributed by atoms with Gasteiger partial charge in [0.1, 0.15) is 0 Å². The highest BCUT2D eigenvalue weighted by Gasteiger charge is 2.05. The number of rotatable bonds is 10. The molecule has 0 aliphatic rings. The van der Waals surface area contributed by atoms with Crippen molar-refractivity contribution in [3.05, 3.63) is 12.3 Å². The van der Waals surface area contributed by atoms with Gasteiger partial charge in [0.2, 0.25) is 5.91 Å². The largest absolute Gasteiger partial charge is 0.391 e. The number of hydrogen-bond donors (Lipinski definition) is 2. The SMILES string of the molecule is CCCCN/C=C\C(=O)CC(=O)NCCCC. The Kier molecular flexibility index (Phi) is 10.3. The Balaban J connectivity index is 3.59. The van der Waals surface area contributed by atoms with Crippen molar-refractivity contribution < 1.29 is 9.59 Å². The van der Waals surface area contributed by atoms with Crippen LogP contribution in [0.3, 0.4) is 0 Å². The van der Waals surface area contributed by atoms with Gasteiger partial charge in [-0.1, -0.05) is 26.7 Å². The predicted octanol–water partition coefficient (Wildman–Crippen LogP) is 1.77. The molecule has 4 heteroatoms. The first-order valence-corrected chi connectivity index (χ1v) is 6.40. The van der Waals surface area contributed by atoms with E-state index in [2.05, 4.69) is 24.5 Å². The molecule has 0 heterocycles. The average molecular weight is 240 g/mol. The van der Waals surface area contributed by atoms with Crippen LogP contribution in [0, 0.1) is 0 Å². The van der Waals surface area contributed by atoms with Crippen molar-refractivity contribution in [3.8, 4) is 0 Å². The van der Waals surface area contributed by atoms with E-state index in [1.165, 1.54) is 6.08 Å². The summed E-state index contributed by atoms with van der Waals surface area (Å²) in [5, 5.41) is 5.72. The minimum absolute atomic E-state index is 0.0598. The van der Waals surface area contributed by atoms with Gasteiger partial charge >= 0.3 is 0 Å². The van der Waals surface area contributed by atoms with Crippen LogP contribution in [0.1, 0.15) is 46.0 Å². The zero-order valence-corrected chi connectivity index (χ0v) is 10.9. The van der Waals surface area contributed by atoms with Crippen molar-refractivity contribution in [3.63, 3.8) is 0 Å². The van der Waals surface area contributed by atoms with Gasteiger partial charge in [-0.3, -0.25) is 9.59 Å². The van der Waals surface area contributed by atoms with E-state index in [4.69, 9.17) is 0 Å². The van der Waals surface area contributed by atoms with E-state index in [1.807, 2.05) is 0 Å². The van der Waals surface area contributed by atoms with Crippen LogP contribution in [0.15, 0.2) is 12.3 Å². The maximum Gasteiger partial charge on any atom is 0.227 e. The molecule has 0 saturated heterocycles. The van der Waals surface area contributed by atoms with E-state index in [-0.39, 0.29) is 18.1 Å². The van der Waals surface area contributed by atoms with E-state index >= 15 is 0 Å². The maximum absolute atomic E-state index is 11.3. The molecule has 0 aromatic carbocycles. The lowest BCUT2D eigenvalue weighted by molar-refractivity contribution is -0.126. The summed E-state index contributed by atoms with van der Waals surface area (Å²) in [7, 11) is 0. The number of carbonyl (C=O) groups is 2. The normalized spacial score (nSPS) is 10.5. The Morgan fingerprint density at radius 2 is 1.71 bits per heavy atom. The molecule has 98 valence electrons. The molecule has 0 aromatic rings. The van der Waals surface area contributed by atoms with Crippen LogP contribution in [-0.4, -0.2) is 24.8 Å². The van der Waals surface area contributed by atoms with Crippen molar-refractivity contribution in [1.82, 2.24) is 10.6 Å². The number of hydrogen-bond acceptors (Lipinski definition) is 3. The summed E-state index contributed by atoms with van der Waals surface area (Å²) in [6, 6.07) is 0. The molecule has 0 rings (SSSR count). The summed E-state index contributed by atoms with van der Waals surface area (Å²) in [4.78, 5) is 22.6. The van der Waals surface area contributed by atoms with Crippen LogP contribution in [0.2, 0.25) is 0 Å². The van der Waals surface area contributed by atoms with Gasteiger partial charge in [0.05, 0.1) is 6.42 Å². The van der Waals surface area contributed by atoms with Crippen LogP contribution in [0.4, 0.5) is 0 Å². The van der Waals surface area contributed by atoms with Crippen molar-refractivity contribution in [2.24, 2.45) is 0 Å². The third-order valence-electron chi connectivity index (χ3n) is 2.25. The lowest BCUT2D eigenvalue weighted by atomic mass is 10.2. The van der Waals surface area contributed by atoms with Crippen molar-refractivity contribution >= 4 is 11.7 Å². The van der Waals surface area contributed by atoms with Gasteiger partial charge in [0.25, 0.3) is 0 Å². The fourth-order valence-corrected chi connectivity index (χ4v) is 1.20. The van der Waals surface area contributed by atoms with Crippen LogP contribution in [0.25, 0.3) is 0 Å². The summed E-state index contributed by atoms with van der Waals surface area (Å²) in [5.41, 5.74) is 0. The smallest absolute Gasteiger partial charge is 0.227 e. The van der Waals surface area contributed by atoms with Crippen molar-refractivity contribution in [2.75, 3.05) is 13.1 Å². The zero-order chi connectivity index (χ0) is 12.9. The Morgan fingerprint density at radius 1 is 1.06 bits per heavy atom. The average Bonchev–Trinajstić information content (AvgIpc) is 2.29. The third-order valence-corrected chi connectivity index (χ3v) is 2.25. The molecule has 4 nitrogen and oxygen atoms in total. The summed E-state index contributed by atoms with van der Waals surface area (Å²) < 4.78 is 0. The molecule has 0 fully saturated rings. The highest BCUT2D eigenvalue weighted by atomic mass is 16.2. The van der Waals surface area contributed by atoms with Gasteiger partial charge in [0.15, 0.2) is 5.78 Å². The molecule has 17 heavy (non-hydrogen) atoms. The molecule has 0 aliphatic carbocycles. The molecule has 0 bridgehead atoms. The molecule has 0 atom stereocenters. The third kappa shape index (κ3) is 11.0. The second kappa shape index (κ2) is 11.2. The number of allylic oxidation sites excluding steroid dienone is 1. The van der Waals surface area contributed by atoms with E-state index < -0.39 is 0 Å². The van der Waals surface area contributed by atoms with Crippen molar-refractivity contribution in [1.29, 1.82) is 0 Å². The Hall–Kier alpha value is -1.32. The molecule has 0 radical (unpaired) electrons. The van der Waals surface area contributed by atoms with Gasteiger partial charge in [-0.2, -0.15) is 0 Å². The summed E-state index contributed by atoms with van der Waals surface area (Å²) in [5.74, 6) is -0.357. The molecule has 2 N–H and O–H groups in total. The first-order chi connectivity index (χ1) is 8.20. The first-order valence-electron chi connectivity index (χ1n) is 6.40. The van der Waals surface area contributed by atoms with E-state index in [0.29, 0.717) is 6.54 Å². The Morgan fingerprint density at radius 3 is 2.35 bits per heavy atom. The quantitative estimate of drug-likeness (QED) is 0.347. The monoisotopic (exact) mass is 240 g/mol. The van der Waals surface area contributed by atoms with Crippen LogP contribution in [-0.2, 0) is 9.59 Å². The number of amides is 1. The number of nitrogens with one attached hydrogen (secondary N) is 2. The summed E-state index contributed by atoms with van der Waals surface area (Å²) in [6.07, 6.45) is 7.18. The number of carbonyl (C=O) groups excluding carboxylic acids is 2. The van der Waals surface area contributed by atoms with Gasteiger partial charge in [0, 0.05) is 13.1 Å². The van der Waals surface area contributed by atoms with Gasteiger partial charge < -0.3 is 10.6 Å². The Labute approximate surface area is 104 Å². The van der Waals surface area contributed by atoms with Crippen molar-refractivity contribution in [2.45, 2.75) is 46.0 Å². The summed E-state index contributed by atoms with van der Waals surface area (Å²) in [6.45, 7) is 5.68. The maximum atomic E-state index is 11.3. The second-order valence-corrected chi connectivity index (χ2v) is 3.99. The minimum atomic E-state index is -0.193. The molecular formula is C13H24N2O2. The van der Waals surface area contributed by atoms with E-state index in [1.54, 1.807) is 6.20 Å². The molecule has 0 unspecified atom stereocenters. The molecular weight excluding hydrogens is 216 g/mol. The predicted molar refractivity (Wildman–Crippen MR) is 69.6 cm³/mol. The van der Waals surface area contributed by atoms with E-state index in [9.17, 15) is 9.59 Å². The standard InChI is InChI=1S/C13H24N2O2/c1-3-5-8-14-10-7-12(16)11-13(17)15-9-6-4-2/h7,10,14H,3-6,8-9,11H2,1-2H3,(H,15,17)/b10-7-. The van der Waals surface area contributed by atoms with Gasteiger partial charge in [-0.15, -0.1) is 0 Å². The molecule has 0 saturated carbocycles. The fraction of sp³-hybridized carbons (Fsp3) is 0.692. The molecule has 1 amide bonds. The summed E-state index contributed by atoms with van der Waals surface area (Å²) >= 11 is 0. The molecule has 0 aliphatic heterocycles. The molecule has 0 spiro atoms. The highest BCUT2D eigenvalue weighted by molar-refractivity contribution is 6.03. The van der Waals surface area contributed by atoms with Gasteiger partial charge in [-0.05, 0) is 25.1 Å². The first kappa shape index (κ1) is 15.7. The zero-order valence-electron chi connectivity index (χ0n) is 10.9. The topological polar surface area (TPSA) is 58.2 Å². The lowest BCUT2D eigenvalue weighted by Gasteiger charge is -2.01.